The summed E-state index contributed by atoms with van der Waals surface area (Å²) in [5.74, 6) is 0. The van der Waals surface area contributed by atoms with Crippen LogP contribution in [-0.2, 0) is 0 Å². The topological polar surface area (TPSA) is 13.1 Å². The van der Waals surface area contributed by atoms with Crippen LogP contribution in [0.25, 0.3) is 120 Å². The van der Waals surface area contributed by atoms with E-state index < -0.39 is 0 Å². The van der Waals surface area contributed by atoms with Gasteiger partial charge < -0.3 is 4.42 Å². The minimum absolute atomic E-state index is 0.886. The van der Waals surface area contributed by atoms with Gasteiger partial charge in [-0.25, -0.2) is 0 Å². The van der Waals surface area contributed by atoms with Gasteiger partial charge in [0.1, 0.15) is 11.2 Å². The van der Waals surface area contributed by atoms with E-state index in [1.54, 1.807) is 0 Å². The quantitative estimate of drug-likeness (QED) is 0.165. The third-order valence-electron chi connectivity index (χ3n) is 12.0. The molecule has 0 fully saturated rings. The largest absolute Gasteiger partial charge is 0.456 e. The SMILES string of the molecule is c1ccc(-c2c3ccccc3c(-c3ccc4oc5cccc(-c6c7ccccc7c(-c7ccc8ccccc8c7)c7ccccc67)c5c4c3)c3ccccc23)cc1. The molecule has 1 heteroatoms. The third kappa shape index (κ3) is 4.83. The van der Waals surface area contributed by atoms with Crippen LogP contribution in [-0.4, -0.2) is 0 Å². The molecule has 0 bridgehead atoms. The molecule has 57 heavy (non-hydrogen) atoms. The van der Waals surface area contributed by atoms with Crippen molar-refractivity contribution >= 4 is 75.8 Å². The standard InChI is InChI=1S/C56H34O/c1-2-16-36(17-3-1)52-40-19-6-8-21-42(40)54(43-22-9-7-20-41(43)52)39-31-32-50-49(34-39)56-48(27-14-28-51(56)57-50)55-46-25-12-10-23-44(46)53(45-24-11-13-26-47(45)55)38-30-29-35-15-4-5-18-37(35)33-38/h1-34H. The van der Waals surface area contributed by atoms with E-state index in [9.17, 15) is 0 Å². The summed E-state index contributed by atoms with van der Waals surface area (Å²) in [5, 5.41) is 14.7. The molecule has 1 nitrogen and oxygen atoms in total. The minimum Gasteiger partial charge on any atom is -0.456 e. The summed E-state index contributed by atoms with van der Waals surface area (Å²) in [4.78, 5) is 0. The molecule has 12 rings (SSSR count). The van der Waals surface area contributed by atoms with E-state index in [-0.39, 0.29) is 0 Å². The maximum absolute atomic E-state index is 6.72. The fraction of sp³-hybridized carbons (Fsp3) is 0. The zero-order valence-electron chi connectivity index (χ0n) is 31.0. The molecular formula is C56H34O. The molecular weight excluding hydrogens is 689 g/mol. The maximum Gasteiger partial charge on any atom is 0.136 e. The average Bonchev–Trinajstić information content (AvgIpc) is 3.66. The monoisotopic (exact) mass is 722 g/mol. The Morgan fingerprint density at radius 3 is 1.28 bits per heavy atom. The van der Waals surface area contributed by atoms with Crippen LogP contribution >= 0.6 is 0 Å². The number of hydrogen-bond donors (Lipinski definition) is 0. The molecule has 0 aliphatic rings. The molecule has 11 aromatic carbocycles. The van der Waals surface area contributed by atoms with Gasteiger partial charge in [0.2, 0.25) is 0 Å². The first-order chi connectivity index (χ1) is 28.3. The number of benzene rings is 11. The molecule has 0 saturated carbocycles. The number of furan rings is 1. The van der Waals surface area contributed by atoms with Crippen molar-refractivity contribution in [3.05, 3.63) is 206 Å². The van der Waals surface area contributed by atoms with Gasteiger partial charge in [-0.2, -0.15) is 0 Å². The second-order valence-electron chi connectivity index (χ2n) is 15.1. The second kappa shape index (κ2) is 12.5. The Balaban J connectivity index is 1.15. The van der Waals surface area contributed by atoms with Crippen LogP contribution in [0.3, 0.4) is 0 Å². The third-order valence-corrected chi connectivity index (χ3v) is 12.0. The molecule has 0 amide bonds. The van der Waals surface area contributed by atoms with Crippen molar-refractivity contribution in [2.45, 2.75) is 0 Å². The summed E-state index contributed by atoms with van der Waals surface area (Å²) in [6, 6.07) is 75.2. The Bertz CT molecular complexity index is 3460. The van der Waals surface area contributed by atoms with Crippen molar-refractivity contribution in [2.75, 3.05) is 0 Å². The second-order valence-corrected chi connectivity index (χ2v) is 15.1. The highest BCUT2D eigenvalue weighted by Gasteiger charge is 2.22. The fourth-order valence-corrected chi connectivity index (χ4v) is 9.62. The normalized spacial score (nSPS) is 11.9. The Hall–Kier alpha value is -7.48. The molecule has 264 valence electrons. The minimum atomic E-state index is 0.886. The lowest BCUT2D eigenvalue weighted by molar-refractivity contribution is 0.669. The molecule has 0 radical (unpaired) electrons. The lowest BCUT2D eigenvalue weighted by Crippen LogP contribution is -1.91. The number of rotatable bonds is 4. The maximum atomic E-state index is 6.72. The highest BCUT2D eigenvalue weighted by Crippen LogP contribution is 2.49. The highest BCUT2D eigenvalue weighted by atomic mass is 16.3. The smallest absolute Gasteiger partial charge is 0.136 e. The van der Waals surface area contributed by atoms with Crippen molar-refractivity contribution in [1.82, 2.24) is 0 Å². The molecule has 1 heterocycles. The van der Waals surface area contributed by atoms with Crippen LogP contribution in [0.15, 0.2) is 211 Å². The van der Waals surface area contributed by atoms with Crippen molar-refractivity contribution < 1.29 is 4.42 Å². The average molecular weight is 723 g/mol. The van der Waals surface area contributed by atoms with Crippen LogP contribution < -0.4 is 0 Å². The summed E-state index contributed by atoms with van der Waals surface area (Å²) >= 11 is 0. The van der Waals surface area contributed by atoms with Gasteiger partial charge in [-0.15, -0.1) is 0 Å². The van der Waals surface area contributed by atoms with E-state index in [1.165, 1.54) is 98.4 Å². The van der Waals surface area contributed by atoms with E-state index in [4.69, 9.17) is 4.42 Å². The van der Waals surface area contributed by atoms with Crippen molar-refractivity contribution in [2.24, 2.45) is 0 Å². The van der Waals surface area contributed by atoms with Gasteiger partial charge in [0.25, 0.3) is 0 Å². The van der Waals surface area contributed by atoms with Gasteiger partial charge in [0.05, 0.1) is 0 Å². The Morgan fingerprint density at radius 2 is 0.702 bits per heavy atom. The first-order valence-corrected chi connectivity index (χ1v) is 19.7. The highest BCUT2D eigenvalue weighted by molar-refractivity contribution is 6.27. The van der Waals surface area contributed by atoms with Gasteiger partial charge >= 0.3 is 0 Å². The molecule has 0 aliphatic heterocycles. The molecule has 1 aromatic heterocycles. The van der Waals surface area contributed by atoms with E-state index in [1.807, 2.05) is 0 Å². The van der Waals surface area contributed by atoms with Gasteiger partial charge in [-0.05, 0) is 123 Å². The summed E-state index contributed by atoms with van der Waals surface area (Å²) in [5.41, 5.74) is 11.6. The van der Waals surface area contributed by atoms with E-state index in [2.05, 4.69) is 206 Å². The molecule has 0 aliphatic carbocycles. The zero-order chi connectivity index (χ0) is 37.5. The lowest BCUT2D eigenvalue weighted by Gasteiger charge is -2.19. The summed E-state index contributed by atoms with van der Waals surface area (Å²) in [7, 11) is 0. The van der Waals surface area contributed by atoms with Gasteiger partial charge in [0.15, 0.2) is 0 Å². The predicted molar refractivity (Wildman–Crippen MR) is 243 cm³/mol. The molecule has 0 atom stereocenters. The Kier molecular flexibility index (Phi) is 7.00. The lowest BCUT2D eigenvalue weighted by atomic mass is 9.84. The Labute approximate surface area is 329 Å². The van der Waals surface area contributed by atoms with E-state index in [0.717, 1.165) is 21.9 Å². The van der Waals surface area contributed by atoms with E-state index >= 15 is 0 Å². The van der Waals surface area contributed by atoms with Crippen LogP contribution in [0, 0.1) is 0 Å². The van der Waals surface area contributed by atoms with Gasteiger partial charge in [-0.1, -0.05) is 182 Å². The Morgan fingerprint density at radius 1 is 0.246 bits per heavy atom. The number of hydrogen-bond acceptors (Lipinski definition) is 1. The van der Waals surface area contributed by atoms with Crippen molar-refractivity contribution in [3.8, 4) is 44.5 Å². The summed E-state index contributed by atoms with van der Waals surface area (Å²) in [6.45, 7) is 0. The molecule has 0 spiro atoms. The summed E-state index contributed by atoms with van der Waals surface area (Å²) < 4.78 is 6.72. The molecule has 0 unspecified atom stereocenters. The van der Waals surface area contributed by atoms with Crippen LogP contribution in [0.5, 0.6) is 0 Å². The van der Waals surface area contributed by atoms with Crippen LogP contribution in [0.4, 0.5) is 0 Å². The molecule has 12 aromatic rings. The van der Waals surface area contributed by atoms with Crippen LogP contribution in [0.2, 0.25) is 0 Å². The first kappa shape index (κ1) is 31.8. The zero-order valence-corrected chi connectivity index (χ0v) is 31.0. The van der Waals surface area contributed by atoms with Gasteiger partial charge in [0, 0.05) is 10.8 Å². The van der Waals surface area contributed by atoms with Gasteiger partial charge in [-0.3, -0.25) is 0 Å². The first-order valence-electron chi connectivity index (χ1n) is 19.7. The van der Waals surface area contributed by atoms with Crippen molar-refractivity contribution in [1.29, 1.82) is 0 Å². The molecule has 0 saturated heterocycles. The molecule has 0 N–H and O–H groups in total. The summed E-state index contributed by atoms with van der Waals surface area (Å²) in [6.07, 6.45) is 0. The van der Waals surface area contributed by atoms with Crippen LogP contribution in [0.1, 0.15) is 0 Å². The predicted octanol–water partition coefficient (Wildman–Crippen LogP) is 16.0. The van der Waals surface area contributed by atoms with E-state index in [0.29, 0.717) is 0 Å². The number of fused-ring (bicyclic) bond motifs is 8. The fourth-order valence-electron chi connectivity index (χ4n) is 9.62. The van der Waals surface area contributed by atoms with Crippen molar-refractivity contribution in [3.63, 3.8) is 0 Å².